The second kappa shape index (κ2) is 6.64. The second-order valence-electron chi connectivity index (χ2n) is 4.42. The number of carbonyl (C=O) groups excluding carboxylic acids is 1. The Bertz CT molecular complexity index is 513. The molecule has 1 heterocycles. The third-order valence-corrected chi connectivity index (χ3v) is 2.93. The minimum absolute atomic E-state index is 0.219. The van der Waals surface area contributed by atoms with E-state index in [-0.39, 0.29) is 18.2 Å². The molecule has 110 valence electrons. The molecule has 9 nitrogen and oxygen atoms in total. The molecule has 0 fully saturated rings. The third-order valence-electron chi connectivity index (χ3n) is 2.93. The van der Waals surface area contributed by atoms with E-state index in [2.05, 4.69) is 10.4 Å². The van der Waals surface area contributed by atoms with Gasteiger partial charge in [0.25, 0.3) is 0 Å². The number of nitrogens with zero attached hydrogens (tertiary/aromatic N) is 3. The Labute approximate surface area is 114 Å². The second-order valence-corrected chi connectivity index (χ2v) is 4.42. The summed E-state index contributed by atoms with van der Waals surface area (Å²) >= 11 is 0. The summed E-state index contributed by atoms with van der Waals surface area (Å²) in [6.45, 7) is 3.27. The van der Waals surface area contributed by atoms with Crippen molar-refractivity contribution < 1.29 is 19.6 Å². The van der Waals surface area contributed by atoms with Crippen molar-refractivity contribution in [3.8, 4) is 0 Å². The lowest BCUT2D eigenvalue weighted by molar-refractivity contribution is -0.385. The van der Waals surface area contributed by atoms with Crippen molar-refractivity contribution in [3.63, 3.8) is 0 Å². The Morgan fingerprint density at radius 1 is 1.60 bits per heavy atom. The molecule has 0 aliphatic carbocycles. The van der Waals surface area contributed by atoms with Crippen LogP contribution in [-0.2, 0) is 16.1 Å². The lowest BCUT2D eigenvalue weighted by Gasteiger charge is -2.19. The Morgan fingerprint density at radius 2 is 2.25 bits per heavy atom. The van der Waals surface area contributed by atoms with Gasteiger partial charge in [-0.2, -0.15) is 5.10 Å². The molecule has 0 aliphatic rings. The first-order valence-corrected chi connectivity index (χ1v) is 6.04. The zero-order valence-electron chi connectivity index (χ0n) is 11.1. The Kier molecular flexibility index (Phi) is 5.18. The number of nitro groups is 1. The summed E-state index contributed by atoms with van der Waals surface area (Å²) < 4.78 is 1.09. The molecule has 1 aromatic rings. The van der Waals surface area contributed by atoms with E-state index in [1.807, 2.05) is 6.92 Å². The topological polar surface area (TPSA) is 127 Å². The maximum atomic E-state index is 11.7. The Balaban J connectivity index is 2.65. The molecule has 1 rings (SSSR count). The lowest BCUT2D eigenvalue weighted by Crippen LogP contribution is -2.46. The summed E-state index contributed by atoms with van der Waals surface area (Å²) in [6, 6.07) is -0.988. The molecule has 2 atom stereocenters. The van der Waals surface area contributed by atoms with Gasteiger partial charge in [-0.15, -0.1) is 0 Å². The number of hydrogen-bond acceptors (Lipinski definition) is 5. The highest BCUT2D eigenvalue weighted by molar-refractivity contribution is 5.83. The van der Waals surface area contributed by atoms with Gasteiger partial charge in [-0.1, -0.05) is 20.3 Å². The van der Waals surface area contributed by atoms with Gasteiger partial charge in [-0.05, 0) is 5.92 Å². The largest absolute Gasteiger partial charge is 0.480 e. The SMILES string of the molecule is CCC(C)C(NC(=O)Cn1cc([N+](=O)[O-])cn1)C(=O)O. The number of hydrogen-bond donors (Lipinski definition) is 2. The molecule has 1 aromatic heterocycles. The van der Waals surface area contributed by atoms with Crippen molar-refractivity contribution >= 4 is 17.6 Å². The number of carboxylic acid groups (broad SMARTS) is 1. The maximum absolute atomic E-state index is 11.7. The van der Waals surface area contributed by atoms with Crippen LogP contribution in [0.4, 0.5) is 5.69 Å². The quantitative estimate of drug-likeness (QED) is 0.551. The first kappa shape index (κ1) is 15.6. The van der Waals surface area contributed by atoms with Crippen molar-refractivity contribution in [2.24, 2.45) is 5.92 Å². The molecule has 0 saturated carbocycles. The molecule has 0 bridgehead atoms. The van der Waals surface area contributed by atoms with Crippen LogP contribution in [0.3, 0.4) is 0 Å². The lowest BCUT2D eigenvalue weighted by atomic mass is 9.99. The number of nitrogens with one attached hydrogen (secondary N) is 1. The number of aromatic nitrogens is 2. The highest BCUT2D eigenvalue weighted by atomic mass is 16.6. The zero-order valence-corrected chi connectivity index (χ0v) is 11.1. The predicted octanol–water partition coefficient (Wildman–Crippen LogP) is 0.407. The molecular formula is C11H16N4O5. The molecule has 0 aromatic carbocycles. The van der Waals surface area contributed by atoms with E-state index in [4.69, 9.17) is 5.11 Å². The smallest absolute Gasteiger partial charge is 0.326 e. The number of carbonyl (C=O) groups is 2. The van der Waals surface area contributed by atoms with E-state index in [9.17, 15) is 19.7 Å². The van der Waals surface area contributed by atoms with Crippen molar-refractivity contribution in [2.45, 2.75) is 32.9 Å². The van der Waals surface area contributed by atoms with Crippen LogP contribution < -0.4 is 5.32 Å². The minimum Gasteiger partial charge on any atom is -0.480 e. The van der Waals surface area contributed by atoms with Gasteiger partial charge >= 0.3 is 11.7 Å². The Morgan fingerprint density at radius 3 is 2.70 bits per heavy atom. The highest BCUT2D eigenvalue weighted by Crippen LogP contribution is 2.09. The fourth-order valence-electron chi connectivity index (χ4n) is 1.58. The summed E-state index contributed by atoms with van der Waals surface area (Å²) in [6.07, 6.45) is 2.74. The van der Waals surface area contributed by atoms with Gasteiger partial charge in [-0.3, -0.25) is 19.6 Å². The molecule has 20 heavy (non-hydrogen) atoms. The van der Waals surface area contributed by atoms with Gasteiger partial charge < -0.3 is 10.4 Å². The fourth-order valence-corrected chi connectivity index (χ4v) is 1.58. The summed E-state index contributed by atoms with van der Waals surface area (Å²) in [5.41, 5.74) is -0.227. The zero-order chi connectivity index (χ0) is 15.3. The summed E-state index contributed by atoms with van der Waals surface area (Å²) in [5, 5.41) is 25.6. The number of rotatable bonds is 7. The van der Waals surface area contributed by atoms with E-state index in [1.54, 1.807) is 6.92 Å². The normalized spacial score (nSPS) is 13.5. The van der Waals surface area contributed by atoms with Gasteiger partial charge in [0.05, 0.1) is 4.92 Å². The summed E-state index contributed by atoms with van der Waals surface area (Å²) in [4.78, 5) is 32.6. The van der Waals surface area contributed by atoms with Crippen molar-refractivity contribution in [3.05, 3.63) is 22.5 Å². The van der Waals surface area contributed by atoms with Gasteiger partial charge in [0.15, 0.2) is 0 Å². The summed E-state index contributed by atoms with van der Waals surface area (Å²) in [5.74, 6) is -1.89. The fraction of sp³-hybridized carbons (Fsp3) is 0.545. The molecule has 2 unspecified atom stereocenters. The highest BCUT2D eigenvalue weighted by Gasteiger charge is 2.25. The van der Waals surface area contributed by atoms with E-state index >= 15 is 0 Å². The molecule has 0 radical (unpaired) electrons. The molecule has 0 spiro atoms. The van der Waals surface area contributed by atoms with E-state index < -0.39 is 22.8 Å². The van der Waals surface area contributed by atoms with Crippen molar-refractivity contribution in [1.29, 1.82) is 0 Å². The van der Waals surface area contributed by atoms with Crippen LogP contribution in [0.2, 0.25) is 0 Å². The average Bonchev–Trinajstić information content (AvgIpc) is 2.83. The van der Waals surface area contributed by atoms with Crippen LogP contribution in [0.5, 0.6) is 0 Å². The first-order chi connectivity index (χ1) is 9.35. The van der Waals surface area contributed by atoms with Gasteiger partial charge in [0.2, 0.25) is 5.91 Å². The minimum atomic E-state index is -1.11. The average molecular weight is 284 g/mol. The van der Waals surface area contributed by atoms with Gasteiger partial charge in [0, 0.05) is 0 Å². The molecule has 1 amide bonds. The summed E-state index contributed by atoms with van der Waals surface area (Å²) in [7, 11) is 0. The van der Waals surface area contributed by atoms with Crippen LogP contribution >= 0.6 is 0 Å². The molecule has 2 N–H and O–H groups in total. The number of aliphatic carboxylic acids is 1. The Hall–Kier alpha value is -2.45. The van der Waals surface area contributed by atoms with Crippen LogP contribution in [-0.4, -0.2) is 37.7 Å². The number of carboxylic acids is 1. The molecule has 9 heteroatoms. The first-order valence-electron chi connectivity index (χ1n) is 6.04. The predicted molar refractivity (Wildman–Crippen MR) is 67.9 cm³/mol. The van der Waals surface area contributed by atoms with Crippen molar-refractivity contribution in [1.82, 2.24) is 15.1 Å². The third kappa shape index (κ3) is 4.04. The van der Waals surface area contributed by atoms with Gasteiger partial charge in [0.1, 0.15) is 25.0 Å². The van der Waals surface area contributed by atoms with Crippen LogP contribution in [0.1, 0.15) is 20.3 Å². The molecular weight excluding hydrogens is 268 g/mol. The van der Waals surface area contributed by atoms with Crippen molar-refractivity contribution in [2.75, 3.05) is 0 Å². The maximum Gasteiger partial charge on any atom is 0.326 e. The van der Waals surface area contributed by atoms with E-state index in [1.165, 1.54) is 0 Å². The molecule has 0 aliphatic heterocycles. The van der Waals surface area contributed by atoms with Gasteiger partial charge in [-0.25, -0.2) is 4.79 Å². The van der Waals surface area contributed by atoms with Crippen LogP contribution in [0, 0.1) is 16.0 Å². The van der Waals surface area contributed by atoms with Crippen LogP contribution in [0.25, 0.3) is 0 Å². The van der Waals surface area contributed by atoms with Crippen LogP contribution in [0.15, 0.2) is 12.4 Å². The number of amides is 1. The standard InChI is InChI=1S/C11H16N4O5/c1-3-7(2)10(11(17)18)13-9(16)6-14-5-8(4-12-14)15(19)20/h4-5,7,10H,3,6H2,1-2H3,(H,13,16)(H,17,18). The molecule has 0 saturated heterocycles. The monoisotopic (exact) mass is 284 g/mol. The van der Waals surface area contributed by atoms with E-state index in [0.29, 0.717) is 6.42 Å². The van der Waals surface area contributed by atoms with E-state index in [0.717, 1.165) is 17.1 Å².